The molecule has 2 aliphatic heterocycles. The Bertz CT molecular complexity index is 641. The fourth-order valence-electron chi connectivity index (χ4n) is 3.66. The van der Waals surface area contributed by atoms with E-state index in [1.807, 2.05) is 30.0 Å². The van der Waals surface area contributed by atoms with Gasteiger partial charge in [0.25, 0.3) is 0 Å². The van der Waals surface area contributed by atoms with Gasteiger partial charge in [0.1, 0.15) is 0 Å². The minimum absolute atomic E-state index is 0.228. The lowest BCUT2D eigenvalue weighted by Gasteiger charge is -2.26. The van der Waals surface area contributed by atoms with E-state index in [1.54, 1.807) is 4.31 Å². The van der Waals surface area contributed by atoms with Crippen LogP contribution in [0.2, 0.25) is 0 Å². The quantitative estimate of drug-likeness (QED) is 0.842. The summed E-state index contributed by atoms with van der Waals surface area (Å²) in [6.07, 6.45) is 5.57. The molecule has 2 fully saturated rings. The zero-order valence-electron chi connectivity index (χ0n) is 11.4. The number of aryl methyl sites for hydroxylation is 2. The fraction of sp³-hybridized carbons (Fsp3) is 0.600. The predicted molar refractivity (Wildman–Crippen MR) is 81.6 cm³/mol. The second kappa shape index (κ2) is 4.75. The molecule has 3 nitrogen and oxygen atoms in total. The van der Waals surface area contributed by atoms with Crippen LogP contribution in [0.5, 0.6) is 0 Å². The maximum absolute atomic E-state index is 12.8. The van der Waals surface area contributed by atoms with Crippen molar-refractivity contribution in [2.45, 2.75) is 48.3 Å². The average molecular weight is 309 g/mol. The molecule has 0 aromatic heterocycles. The van der Waals surface area contributed by atoms with Crippen molar-refractivity contribution in [1.82, 2.24) is 4.31 Å². The lowest BCUT2D eigenvalue weighted by molar-refractivity contribution is 0.409. The summed E-state index contributed by atoms with van der Waals surface area (Å²) in [5.74, 6) is 0.967. The summed E-state index contributed by atoms with van der Waals surface area (Å²) < 4.78 is 27.4. The average Bonchev–Trinajstić information content (AvgIpc) is 3.09. The molecule has 3 aliphatic rings. The largest absolute Gasteiger partial charge is 0.243 e. The third-order valence-corrected chi connectivity index (χ3v) is 8.08. The van der Waals surface area contributed by atoms with Crippen molar-refractivity contribution in [1.29, 1.82) is 0 Å². The number of hydrogen-bond donors (Lipinski definition) is 0. The number of hydrogen-bond acceptors (Lipinski definition) is 3. The van der Waals surface area contributed by atoms with E-state index >= 15 is 0 Å². The Morgan fingerprint density at radius 3 is 2.65 bits per heavy atom. The number of fused-ring (bicyclic) bond motifs is 3. The van der Waals surface area contributed by atoms with Gasteiger partial charge in [0, 0.05) is 23.6 Å². The smallest absolute Gasteiger partial charge is 0.207 e. The Morgan fingerprint density at radius 1 is 1.15 bits per heavy atom. The van der Waals surface area contributed by atoms with Crippen molar-refractivity contribution < 1.29 is 8.42 Å². The normalized spacial score (nSPS) is 29.6. The first-order valence-corrected chi connectivity index (χ1v) is 9.89. The van der Waals surface area contributed by atoms with Crippen LogP contribution < -0.4 is 0 Å². The number of rotatable bonds is 2. The molecule has 2 bridgehead atoms. The van der Waals surface area contributed by atoms with Crippen LogP contribution in [0, 0.1) is 0 Å². The van der Waals surface area contributed by atoms with Crippen LogP contribution in [0.25, 0.3) is 0 Å². The molecule has 5 heteroatoms. The molecule has 2 unspecified atom stereocenters. The predicted octanol–water partition coefficient (Wildman–Crippen LogP) is 2.44. The minimum Gasteiger partial charge on any atom is -0.207 e. The minimum atomic E-state index is -3.28. The maximum Gasteiger partial charge on any atom is 0.243 e. The molecule has 2 heterocycles. The van der Waals surface area contributed by atoms with Crippen LogP contribution in [-0.2, 0) is 22.9 Å². The van der Waals surface area contributed by atoms with Crippen LogP contribution in [0.1, 0.15) is 30.4 Å². The molecular formula is C15H19NO2S2. The molecule has 0 N–H and O–H groups in total. The second-order valence-corrected chi connectivity index (χ2v) is 9.28. The summed E-state index contributed by atoms with van der Waals surface area (Å²) in [5, 5.41) is 0.521. The second-order valence-electron chi connectivity index (χ2n) is 6.06. The first kappa shape index (κ1) is 13.2. The SMILES string of the molecule is O=S(=O)(c1ccc2c(c1)CCCC2)N1CC2CC1CS2. The Kier molecular flexibility index (Phi) is 3.13. The van der Waals surface area contributed by atoms with E-state index in [2.05, 4.69) is 0 Å². The lowest BCUT2D eigenvalue weighted by Crippen LogP contribution is -2.39. The van der Waals surface area contributed by atoms with Gasteiger partial charge in [0.2, 0.25) is 10.0 Å². The lowest BCUT2D eigenvalue weighted by atomic mass is 9.92. The van der Waals surface area contributed by atoms with Crippen molar-refractivity contribution >= 4 is 21.8 Å². The summed E-state index contributed by atoms with van der Waals surface area (Å²) in [5.41, 5.74) is 2.59. The zero-order valence-corrected chi connectivity index (χ0v) is 13.0. The standard InChI is InChI=1S/C15H19NO2S2/c17-20(18,16-9-14-8-13(16)10-19-14)15-6-5-11-3-1-2-4-12(11)7-15/h5-7,13-14H,1-4,8-10H2. The van der Waals surface area contributed by atoms with Crippen molar-refractivity contribution in [3.63, 3.8) is 0 Å². The van der Waals surface area contributed by atoms with Crippen LogP contribution in [0.4, 0.5) is 0 Å². The van der Waals surface area contributed by atoms with E-state index in [0.717, 1.165) is 25.0 Å². The topological polar surface area (TPSA) is 37.4 Å². The molecule has 0 spiro atoms. The van der Waals surface area contributed by atoms with Gasteiger partial charge in [-0.05, 0) is 55.4 Å². The Hall–Kier alpha value is -0.520. The number of thioether (sulfide) groups is 1. The molecule has 1 aromatic rings. The molecule has 108 valence electrons. The molecule has 2 saturated heterocycles. The van der Waals surface area contributed by atoms with Crippen LogP contribution in [0.15, 0.2) is 23.1 Å². The van der Waals surface area contributed by atoms with E-state index < -0.39 is 10.0 Å². The zero-order chi connectivity index (χ0) is 13.7. The summed E-state index contributed by atoms with van der Waals surface area (Å²) in [4.78, 5) is 0.510. The monoisotopic (exact) mass is 309 g/mol. The number of sulfonamides is 1. The third kappa shape index (κ3) is 2.02. The van der Waals surface area contributed by atoms with Gasteiger partial charge in [-0.15, -0.1) is 0 Å². The van der Waals surface area contributed by atoms with Crippen molar-refractivity contribution in [2.75, 3.05) is 12.3 Å². The van der Waals surface area contributed by atoms with E-state index in [1.165, 1.54) is 24.0 Å². The van der Waals surface area contributed by atoms with Gasteiger partial charge in [0.05, 0.1) is 4.90 Å². The van der Waals surface area contributed by atoms with E-state index in [0.29, 0.717) is 16.7 Å². The molecule has 1 aromatic carbocycles. The molecule has 0 radical (unpaired) electrons. The van der Waals surface area contributed by atoms with E-state index in [4.69, 9.17) is 0 Å². The van der Waals surface area contributed by atoms with Gasteiger partial charge < -0.3 is 0 Å². The van der Waals surface area contributed by atoms with Crippen LogP contribution >= 0.6 is 11.8 Å². The van der Waals surface area contributed by atoms with E-state index in [9.17, 15) is 8.42 Å². The molecular weight excluding hydrogens is 290 g/mol. The molecule has 4 rings (SSSR count). The van der Waals surface area contributed by atoms with Crippen molar-refractivity contribution in [3.8, 4) is 0 Å². The molecule has 2 atom stereocenters. The highest BCUT2D eigenvalue weighted by Gasteiger charge is 2.44. The van der Waals surface area contributed by atoms with Crippen molar-refractivity contribution in [3.05, 3.63) is 29.3 Å². The summed E-state index contributed by atoms with van der Waals surface area (Å²) in [6.45, 7) is 0.703. The Labute approximate surface area is 124 Å². The summed E-state index contributed by atoms with van der Waals surface area (Å²) >= 11 is 1.92. The van der Waals surface area contributed by atoms with Crippen molar-refractivity contribution in [2.24, 2.45) is 0 Å². The van der Waals surface area contributed by atoms with Crippen LogP contribution in [0.3, 0.4) is 0 Å². The third-order valence-electron chi connectivity index (χ3n) is 4.78. The molecule has 1 aliphatic carbocycles. The number of nitrogens with zero attached hydrogens (tertiary/aromatic N) is 1. The Balaban J connectivity index is 1.69. The van der Waals surface area contributed by atoms with Gasteiger partial charge >= 0.3 is 0 Å². The van der Waals surface area contributed by atoms with E-state index in [-0.39, 0.29) is 6.04 Å². The Morgan fingerprint density at radius 2 is 1.95 bits per heavy atom. The molecule has 20 heavy (non-hydrogen) atoms. The maximum atomic E-state index is 12.8. The summed E-state index contributed by atoms with van der Waals surface area (Å²) in [7, 11) is -3.28. The molecule has 0 saturated carbocycles. The van der Waals surface area contributed by atoms with Gasteiger partial charge in [-0.25, -0.2) is 8.42 Å². The van der Waals surface area contributed by atoms with Gasteiger partial charge in [-0.2, -0.15) is 16.1 Å². The van der Waals surface area contributed by atoms with Crippen LogP contribution in [-0.4, -0.2) is 36.3 Å². The highest BCUT2D eigenvalue weighted by Crippen LogP contribution is 2.40. The highest BCUT2D eigenvalue weighted by atomic mass is 32.2. The van der Waals surface area contributed by atoms with Gasteiger partial charge in [0.15, 0.2) is 0 Å². The van der Waals surface area contributed by atoms with Gasteiger partial charge in [-0.3, -0.25) is 0 Å². The number of benzene rings is 1. The van der Waals surface area contributed by atoms with Gasteiger partial charge in [-0.1, -0.05) is 6.07 Å². The fourth-order valence-corrected chi connectivity index (χ4v) is 7.02. The molecule has 0 amide bonds. The highest BCUT2D eigenvalue weighted by molar-refractivity contribution is 8.00. The first-order valence-electron chi connectivity index (χ1n) is 7.40. The summed E-state index contributed by atoms with van der Waals surface area (Å²) in [6, 6.07) is 6.01. The first-order chi connectivity index (χ1) is 9.64.